The number of rotatable bonds is 5. The second kappa shape index (κ2) is 10.6. The monoisotopic (exact) mass is 479 g/mol. The van der Waals surface area contributed by atoms with Crippen molar-refractivity contribution in [3.63, 3.8) is 0 Å². The van der Waals surface area contributed by atoms with Crippen molar-refractivity contribution in [2.45, 2.75) is 19.3 Å². The van der Waals surface area contributed by atoms with Gasteiger partial charge in [-0.1, -0.05) is 48.5 Å². The van der Waals surface area contributed by atoms with Gasteiger partial charge in [0.1, 0.15) is 0 Å². The Kier molecular flexibility index (Phi) is 6.94. The largest absolute Gasteiger partial charge is 0.339 e. The van der Waals surface area contributed by atoms with Crippen molar-refractivity contribution in [3.8, 4) is 0 Å². The molecule has 1 fully saturated rings. The Morgan fingerprint density at radius 2 is 1.50 bits per heavy atom. The number of hydrogen-bond acceptors (Lipinski definition) is 3. The van der Waals surface area contributed by atoms with Gasteiger partial charge in [-0.3, -0.25) is 14.4 Å². The number of carbonyl (C=O) groups excluding carboxylic acids is 3. The quantitative estimate of drug-likeness (QED) is 0.536. The molecule has 0 aromatic heterocycles. The molecule has 36 heavy (non-hydrogen) atoms. The highest BCUT2D eigenvalue weighted by Crippen LogP contribution is 2.29. The number of nitrogens with zero attached hydrogens (tertiary/aromatic N) is 2. The Bertz CT molecular complexity index is 1280. The van der Waals surface area contributed by atoms with Crippen LogP contribution in [0.2, 0.25) is 0 Å². The molecule has 6 nitrogen and oxygen atoms in total. The number of para-hydroxylation sites is 1. The third kappa shape index (κ3) is 5.23. The summed E-state index contributed by atoms with van der Waals surface area (Å²) < 4.78 is 0. The van der Waals surface area contributed by atoms with Crippen LogP contribution in [0.5, 0.6) is 0 Å². The molecule has 0 saturated carbocycles. The van der Waals surface area contributed by atoms with Gasteiger partial charge in [-0.15, -0.1) is 0 Å². The second-order valence-corrected chi connectivity index (χ2v) is 9.25. The van der Waals surface area contributed by atoms with Gasteiger partial charge >= 0.3 is 0 Å². The van der Waals surface area contributed by atoms with E-state index in [-0.39, 0.29) is 23.6 Å². The molecule has 0 bridgehead atoms. The Balaban J connectivity index is 1.12. The molecule has 3 aromatic rings. The average molecular weight is 480 g/mol. The highest BCUT2D eigenvalue weighted by atomic mass is 16.2. The standard InChI is InChI=1S/C30H29N3O3/c34-28(15-10-22-6-2-1-3-7-22)32-19-16-24(17-20-32)29(35)31-26-13-11-25(12-14-26)30(36)33-21-18-23-8-4-5-9-27(23)33/h1-15,24H,16-21H2,(H,31,35)/b15-10+. The second-order valence-electron chi connectivity index (χ2n) is 9.25. The molecule has 3 amide bonds. The van der Waals surface area contributed by atoms with Crippen LogP contribution in [-0.2, 0) is 16.0 Å². The summed E-state index contributed by atoms with van der Waals surface area (Å²) in [5.41, 5.74) is 4.41. The van der Waals surface area contributed by atoms with Gasteiger partial charge in [-0.05, 0) is 66.8 Å². The lowest BCUT2D eigenvalue weighted by Crippen LogP contribution is -2.40. The maximum Gasteiger partial charge on any atom is 0.258 e. The molecule has 3 aromatic carbocycles. The normalized spacial score (nSPS) is 15.7. The van der Waals surface area contributed by atoms with Crippen molar-refractivity contribution in [1.82, 2.24) is 4.90 Å². The number of fused-ring (bicyclic) bond motifs is 1. The first-order valence-corrected chi connectivity index (χ1v) is 12.4. The van der Waals surface area contributed by atoms with Crippen molar-refractivity contribution in [2.24, 2.45) is 5.92 Å². The van der Waals surface area contributed by atoms with Crippen LogP contribution in [0, 0.1) is 5.92 Å². The topological polar surface area (TPSA) is 69.7 Å². The number of benzene rings is 3. The van der Waals surface area contributed by atoms with Crippen molar-refractivity contribution in [2.75, 3.05) is 29.9 Å². The zero-order valence-electron chi connectivity index (χ0n) is 20.1. The molecule has 1 N–H and O–H groups in total. The molecule has 5 rings (SSSR count). The van der Waals surface area contributed by atoms with E-state index in [1.54, 1.807) is 35.2 Å². The van der Waals surface area contributed by atoms with Crippen molar-refractivity contribution in [1.29, 1.82) is 0 Å². The number of likely N-dealkylation sites (tertiary alicyclic amines) is 1. The lowest BCUT2D eigenvalue weighted by molar-refractivity contribution is -0.130. The number of piperidine rings is 1. The van der Waals surface area contributed by atoms with Crippen molar-refractivity contribution in [3.05, 3.63) is 102 Å². The summed E-state index contributed by atoms with van der Waals surface area (Å²) in [4.78, 5) is 41.9. The minimum Gasteiger partial charge on any atom is -0.339 e. The summed E-state index contributed by atoms with van der Waals surface area (Å²) in [5.74, 6) is -0.251. The third-order valence-electron chi connectivity index (χ3n) is 6.93. The molecule has 0 unspecified atom stereocenters. The first-order chi connectivity index (χ1) is 17.6. The van der Waals surface area contributed by atoms with Gasteiger partial charge < -0.3 is 15.1 Å². The van der Waals surface area contributed by atoms with E-state index < -0.39 is 0 Å². The number of nitrogens with one attached hydrogen (secondary N) is 1. The third-order valence-corrected chi connectivity index (χ3v) is 6.93. The van der Waals surface area contributed by atoms with Gasteiger partial charge in [0.2, 0.25) is 11.8 Å². The van der Waals surface area contributed by atoms with Gasteiger partial charge in [-0.2, -0.15) is 0 Å². The van der Waals surface area contributed by atoms with E-state index in [0.29, 0.717) is 43.7 Å². The van der Waals surface area contributed by atoms with Crippen LogP contribution in [0.3, 0.4) is 0 Å². The van der Waals surface area contributed by atoms with Crippen LogP contribution in [0.15, 0.2) is 84.9 Å². The molecule has 0 aliphatic carbocycles. The molecule has 6 heteroatoms. The highest BCUT2D eigenvalue weighted by molar-refractivity contribution is 6.07. The molecule has 1 saturated heterocycles. The van der Waals surface area contributed by atoms with E-state index in [4.69, 9.17) is 0 Å². The number of carbonyl (C=O) groups is 3. The van der Waals surface area contributed by atoms with Crippen LogP contribution in [0.4, 0.5) is 11.4 Å². The molecule has 2 heterocycles. The Morgan fingerprint density at radius 1 is 0.806 bits per heavy atom. The van der Waals surface area contributed by atoms with Gasteiger partial charge in [0, 0.05) is 48.6 Å². The van der Waals surface area contributed by atoms with Crippen LogP contribution in [0.1, 0.15) is 34.3 Å². The van der Waals surface area contributed by atoms with Gasteiger partial charge in [0.05, 0.1) is 0 Å². The maximum absolute atomic E-state index is 13.0. The summed E-state index contributed by atoms with van der Waals surface area (Å²) >= 11 is 0. The Hall–Kier alpha value is -4.19. The fraction of sp³-hybridized carbons (Fsp3) is 0.233. The minimum absolute atomic E-state index is 0.0291. The van der Waals surface area contributed by atoms with E-state index >= 15 is 0 Å². The minimum atomic E-state index is -0.144. The van der Waals surface area contributed by atoms with Gasteiger partial charge in [-0.25, -0.2) is 0 Å². The molecule has 0 spiro atoms. The summed E-state index contributed by atoms with van der Waals surface area (Å²) in [6.45, 7) is 1.79. The van der Waals surface area contributed by atoms with Crippen LogP contribution >= 0.6 is 0 Å². The van der Waals surface area contributed by atoms with E-state index in [0.717, 1.165) is 17.7 Å². The molecule has 0 radical (unpaired) electrons. The van der Waals surface area contributed by atoms with E-state index in [9.17, 15) is 14.4 Å². The lowest BCUT2D eigenvalue weighted by atomic mass is 9.95. The number of hydrogen-bond donors (Lipinski definition) is 1. The zero-order valence-corrected chi connectivity index (χ0v) is 20.1. The summed E-state index contributed by atoms with van der Waals surface area (Å²) in [6, 6.07) is 24.8. The van der Waals surface area contributed by atoms with Gasteiger partial charge in [0.25, 0.3) is 5.91 Å². The first kappa shape index (κ1) is 23.5. The van der Waals surface area contributed by atoms with Crippen LogP contribution < -0.4 is 10.2 Å². The number of anilines is 2. The van der Waals surface area contributed by atoms with E-state index in [1.807, 2.05) is 59.5 Å². The SMILES string of the molecule is O=C(Nc1ccc(C(=O)N2CCc3ccccc32)cc1)C1CCN(C(=O)/C=C/c2ccccc2)CC1. The first-order valence-electron chi connectivity index (χ1n) is 12.4. The summed E-state index contributed by atoms with van der Waals surface area (Å²) in [5, 5.41) is 2.97. The fourth-order valence-corrected chi connectivity index (χ4v) is 4.84. The summed E-state index contributed by atoms with van der Waals surface area (Å²) in [6.07, 6.45) is 5.53. The predicted octanol–water partition coefficient (Wildman–Crippen LogP) is 4.78. The Labute approximate surface area is 211 Å². The lowest BCUT2D eigenvalue weighted by Gasteiger charge is -2.30. The van der Waals surface area contributed by atoms with Crippen molar-refractivity contribution < 1.29 is 14.4 Å². The maximum atomic E-state index is 13.0. The molecule has 182 valence electrons. The molecule has 2 aliphatic heterocycles. The molecular weight excluding hydrogens is 450 g/mol. The highest BCUT2D eigenvalue weighted by Gasteiger charge is 2.27. The fourth-order valence-electron chi connectivity index (χ4n) is 4.84. The van der Waals surface area contributed by atoms with E-state index in [1.165, 1.54) is 5.56 Å². The van der Waals surface area contributed by atoms with Crippen molar-refractivity contribution >= 4 is 35.2 Å². The zero-order chi connectivity index (χ0) is 24.9. The smallest absolute Gasteiger partial charge is 0.258 e. The average Bonchev–Trinajstić information content (AvgIpc) is 3.36. The number of amides is 3. The molecule has 2 aliphatic rings. The Morgan fingerprint density at radius 3 is 2.25 bits per heavy atom. The van der Waals surface area contributed by atoms with E-state index in [2.05, 4.69) is 11.4 Å². The predicted molar refractivity (Wildman–Crippen MR) is 142 cm³/mol. The summed E-state index contributed by atoms with van der Waals surface area (Å²) in [7, 11) is 0. The molecular formula is C30H29N3O3. The van der Waals surface area contributed by atoms with Crippen LogP contribution in [0.25, 0.3) is 6.08 Å². The van der Waals surface area contributed by atoms with Crippen LogP contribution in [-0.4, -0.2) is 42.3 Å². The molecule has 0 atom stereocenters. The van der Waals surface area contributed by atoms with Gasteiger partial charge in [0.15, 0.2) is 0 Å².